The monoisotopic (exact) mass is 141 g/mol. The number of rotatable bonds is 1. The maximum atomic E-state index is 5.28. The summed E-state index contributed by atoms with van der Waals surface area (Å²) in [5, 5.41) is 3.41. The van der Waals surface area contributed by atoms with Crippen LogP contribution in [0.4, 0.5) is 0 Å². The molecule has 0 radical (unpaired) electrons. The summed E-state index contributed by atoms with van der Waals surface area (Å²) in [6.45, 7) is 5.72. The molecule has 0 bridgehead atoms. The van der Waals surface area contributed by atoms with E-state index in [1.54, 1.807) is 0 Å². The van der Waals surface area contributed by atoms with E-state index >= 15 is 0 Å². The van der Waals surface area contributed by atoms with Crippen LogP contribution in [-0.2, 0) is 4.74 Å². The first kappa shape index (κ1) is 6.62. The van der Waals surface area contributed by atoms with Crippen LogP contribution >= 0.6 is 0 Å². The van der Waals surface area contributed by atoms with Crippen molar-refractivity contribution in [3.8, 4) is 0 Å². The predicted octanol–water partition coefficient (Wildman–Crippen LogP) is 0.631. The first-order chi connectivity index (χ1) is 4.88. The van der Waals surface area contributed by atoms with E-state index in [-0.39, 0.29) is 0 Å². The van der Waals surface area contributed by atoms with Gasteiger partial charge in [0.15, 0.2) is 0 Å². The molecule has 0 saturated carbocycles. The molecule has 0 amide bonds. The van der Waals surface area contributed by atoms with Gasteiger partial charge in [0, 0.05) is 12.5 Å². The highest BCUT2D eigenvalue weighted by Crippen LogP contribution is 2.29. The second-order valence-corrected chi connectivity index (χ2v) is 3.51. The summed E-state index contributed by atoms with van der Waals surface area (Å²) < 4.78 is 5.28. The maximum Gasteiger partial charge on any atom is 0.0852 e. The number of hydrogen-bond acceptors (Lipinski definition) is 2. The number of hydrogen-bond donors (Lipinski definition) is 1. The Morgan fingerprint density at radius 3 is 2.90 bits per heavy atom. The lowest BCUT2D eigenvalue weighted by Crippen LogP contribution is -2.38. The van der Waals surface area contributed by atoms with Gasteiger partial charge in [0.05, 0.1) is 12.7 Å². The van der Waals surface area contributed by atoms with Crippen molar-refractivity contribution < 1.29 is 4.74 Å². The molecule has 2 heteroatoms. The molecule has 3 unspecified atom stereocenters. The zero-order valence-electron chi connectivity index (χ0n) is 6.47. The Balaban J connectivity index is 1.90. The molecule has 0 aliphatic carbocycles. The van der Waals surface area contributed by atoms with Gasteiger partial charge in [0.2, 0.25) is 0 Å². The molecule has 2 nitrogen and oxygen atoms in total. The smallest absolute Gasteiger partial charge is 0.0852 e. The van der Waals surface area contributed by atoms with E-state index < -0.39 is 0 Å². The van der Waals surface area contributed by atoms with Crippen LogP contribution in [0.1, 0.15) is 13.3 Å². The summed E-state index contributed by atoms with van der Waals surface area (Å²) in [5.74, 6) is 1.67. The van der Waals surface area contributed by atoms with E-state index in [4.69, 9.17) is 4.74 Å². The molecule has 0 aromatic heterocycles. The summed E-state index contributed by atoms with van der Waals surface area (Å²) in [4.78, 5) is 0. The number of piperidine rings is 1. The Morgan fingerprint density at radius 1 is 1.50 bits per heavy atom. The molecular formula is C8H15NO. The van der Waals surface area contributed by atoms with Crippen LogP contribution in [0.15, 0.2) is 0 Å². The van der Waals surface area contributed by atoms with Gasteiger partial charge >= 0.3 is 0 Å². The normalized spacial score (nSPS) is 47.1. The minimum absolute atomic E-state index is 0.600. The molecule has 2 aliphatic heterocycles. The minimum Gasteiger partial charge on any atom is -0.373 e. The quantitative estimate of drug-likeness (QED) is 0.542. The molecule has 3 atom stereocenters. The van der Waals surface area contributed by atoms with Crippen LogP contribution in [0.5, 0.6) is 0 Å². The molecule has 2 fully saturated rings. The molecule has 2 aliphatic rings. The van der Waals surface area contributed by atoms with Gasteiger partial charge in [-0.3, -0.25) is 0 Å². The third-order valence-corrected chi connectivity index (χ3v) is 2.72. The van der Waals surface area contributed by atoms with Crippen LogP contribution in [0, 0.1) is 11.8 Å². The zero-order valence-corrected chi connectivity index (χ0v) is 6.47. The van der Waals surface area contributed by atoms with E-state index in [2.05, 4.69) is 12.2 Å². The van der Waals surface area contributed by atoms with Gasteiger partial charge in [-0.15, -0.1) is 0 Å². The van der Waals surface area contributed by atoms with E-state index in [0.29, 0.717) is 6.10 Å². The first-order valence-electron chi connectivity index (χ1n) is 4.20. The van der Waals surface area contributed by atoms with Crippen molar-refractivity contribution in [3.63, 3.8) is 0 Å². The standard InChI is InChI=1S/C8H15NO/c1-6-2-3-9-4-7(6)8-5-10-8/h6-9H,2-5H2,1H3. The van der Waals surface area contributed by atoms with Crippen molar-refractivity contribution in [1.29, 1.82) is 0 Å². The van der Waals surface area contributed by atoms with Gasteiger partial charge in [0.25, 0.3) is 0 Å². The molecule has 2 rings (SSSR count). The van der Waals surface area contributed by atoms with Gasteiger partial charge in [-0.25, -0.2) is 0 Å². The Hall–Kier alpha value is -0.0800. The van der Waals surface area contributed by atoms with Gasteiger partial charge < -0.3 is 10.1 Å². The molecule has 0 aromatic rings. The van der Waals surface area contributed by atoms with Crippen LogP contribution < -0.4 is 5.32 Å². The van der Waals surface area contributed by atoms with E-state index in [1.807, 2.05) is 0 Å². The topological polar surface area (TPSA) is 24.6 Å². The fraction of sp³-hybridized carbons (Fsp3) is 1.00. The van der Waals surface area contributed by atoms with Crippen molar-refractivity contribution in [2.24, 2.45) is 11.8 Å². The zero-order chi connectivity index (χ0) is 6.97. The third-order valence-electron chi connectivity index (χ3n) is 2.72. The highest BCUT2D eigenvalue weighted by molar-refractivity contribution is 4.86. The number of epoxide rings is 1. The van der Waals surface area contributed by atoms with Crippen molar-refractivity contribution in [2.45, 2.75) is 19.4 Å². The fourth-order valence-electron chi connectivity index (χ4n) is 1.81. The minimum atomic E-state index is 0.600. The largest absolute Gasteiger partial charge is 0.373 e. The molecule has 0 spiro atoms. The second kappa shape index (κ2) is 2.51. The van der Waals surface area contributed by atoms with E-state index in [9.17, 15) is 0 Å². The predicted molar refractivity (Wildman–Crippen MR) is 39.9 cm³/mol. The summed E-state index contributed by atoms with van der Waals surface area (Å²) in [5.41, 5.74) is 0. The summed E-state index contributed by atoms with van der Waals surface area (Å²) >= 11 is 0. The molecule has 1 N–H and O–H groups in total. The Morgan fingerprint density at radius 2 is 2.30 bits per heavy atom. The van der Waals surface area contributed by atoms with Crippen LogP contribution in [0.3, 0.4) is 0 Å². The molecular weight excluding hydrogens is 126 g/mol. The SMILES string of the molecule is CC1CCNCC1C1CO1. The third kappa shape index (κ3) is 1.18. The molecule has 10 heavy (non-hydrogen) atoms. The summed E-state index contributed by atoms with van der Waals surface area (Å²) in [6.07, 6.45) is 1.92. The molecule has 58 valence electrons. The summed E-state index contributed by atoms with van der Waals surface area (Å²) in [6, 6.07) is 0. The maximum absolute atomic E-state index is 5.28. The Bertz CT molecular complexity index is 122. The number of nitrogens with one attached hydrogen (secondary N) is 1. The van der Waals surface area contributed by atoms with E-state index in [0.717, 1.165) is 18.4 Å². The Kier molecular flexibility index (Phi) is 1.66. The van der Waals surface area contributed by atoms with Crippen molar-refractivity contribution in [2.75, 3.05) is 19.7 Å². The molecule has 0 aromatic carbocycles. The van der Waals surface area contributed by atoms with Crippen LogP contribution in [0.2, 0.25) is 0 Å². The van der Waals surface area contributed by atoms with Gasteiger partial charge in [-0.2, -0.15) is 0 Å². The highest BCUT2D eigenvalue weighted by Gasteiger charge is 2.37. The van der Waals surface area contributed by atoms with Crippen LogP contribution in [-0.4, -0.2) is 25.8 Å². The summed E-state index contributed by atoms with van der Waals surface area (Å²) in [7, 11) is 0. The van der Waals surface area contributed by atoms with Gasteiger partial charge in [-0.1, -0.05) is 6.92 Å². The van der Waals surface area contributed by atoms with Gasteiger partial charge in [0.1, 0.15) is 0 Å². The first-order valence-corrected chi connectivity index (χ1v) is 4.20. The molecule has 2 heterocycles. The lowest BCUT2D eigenvalue weighted by atomic mass is 9.86. The van der Waals surface area contributed by atoms with Crippen molar-refractivity contribution >= 4 is 0 Å². The second-order valence-electron chi connectivity index (χ2n) is 3.51. The van der Waals surface area contributed by atoms with Crippen molar-refractivity contribution in [3.05, 3.63) is 0 Å². The number of ether oxygens (including phenoxy) is 1. The average Bonchev–Trinajstić information content (AvgIpc) is 2.71. The lowest BCUT2D eigenvalue weighted by Gasteiger charge is -2.27. The lowest BCUT2D eigenvalue weighted by molar-refractivity contribution is 0.213. The van der Waals surface area contributed by atoms with Crippen LogP contribution in [0.25, 0.3) is 0 Å². The molecule has 2 saturated heterocycles. The fourth-order valence-corrected chi connectivity index (χ4v) is 1.81. The average molecular weight is 141 g/mol. The van der Waals surface area contributed by atoms with Crippen molar-refractivity contribution in [1.82, 2.24) is 5.32 Å². The van der Waals surface area contributed by atoms with E-state index in [1.165, 1.54) is 19.5 Å². The highest BCUT2D eigenvalue weighted by atomic mass is 16.6. The Labute approximate surface area is 61.9 Å². The van der Waals surface area contributed by atoms with Gasteiger partial charge in [-0.05, 0) is 18.9 Å².